The molecular weight excluding hydrogens is 386 g/mol. The summed E-state index contributed by atoms with van der Waals surface area (Å²) < 4.78 is 6.82. The van der Waals surface area contributed by atoms with Gasteiger partial charge in [-0.15, -0.1) is 0 Å². The van der Waals surface area contributed by atoms with E-state index in [1.54, 1.807) is 25.7 Å². The zero-order valence-electron chi connectivity index (χ0n) is 16.7. The molecule has 1 aromatic heterocycles. The van der Waals surface area contributed by atoms with Crippen molar-refractivity contribution in [3.8, 4) is 5.69 Å². The molecule has 2 N–H and O–H groups in total. The summed E-state index contributed by atoms with van der Waals surface area (Å²) in [4.78, 5) is 27.6. The Balaban J connectivity index is 1.70. The summed E-state index contributed by atoms with van der Waals surface area (Å²) in [5, 5.41) is 17.2. The Labute approximate surface area is 173 Å². The zero-order valence-corrected chi connectivity index (χ0v) is 16.7. The van der Waals surface area contributed by atoms with E-state index in [-0.39, 0.29) is 23.2 Å². The van der Waals surface area contributed by atoms with Gasteiger partial charge in [-0.05, 0) is 36.8 Å². The molecule has 9 nitrogen and oxygen atoms in total. The van der Waals surface area contributed by atoms with Gasteiger partial charge in [0.25, 0.3) is 11.6 Å². The standard InChI is InChI=1S/C21H23N5O4/c1-15(16-3-6-18(7-4-16)25-11-9-22-14-25)24-21(27)17-5-8-19(23-10-12-30-2)20(13-17)26(28)29/h3-9,11,13-15,23H,10,12H2,1-2H3,(H,24,27)/t15-/m1/s1. The first kappa shape index (κ1) is 21.0. The third kappa shape index (κ3) is 5.00. The van der Waals surface area contributed by atoms with Gasteiger partial charge >= 0.3 is 0 Å². The van der Waals surface area contributed by atoms with E-state index in [4.69, 9.17) is 4.74 Å². The van der Waals surface area contributed by atoms with Crippen LogP contribution in [0.3, 0.4) is 0 Å². The van der Waals surface area contributed by atoms with Crippen molar-refractivity contribution < 1.29 is 14.5 Å². The number of amides is 1. The van der Waals surface area contributed by atoms with E-state index in [1.165, 1.54) is 12.1 Å². The van der Waals surface area contributed by atoms with Gasteiger partial charge in [-0.25, -0.2) is 4.98 Å². The van der Waals surface area contributed by atoms with Crippen molar-refractivity contribution in [2.24, 2.45) is 0 Å². The largest absolute Gasteiger partial charge is 0.383 e. The summed E-state index contributed by atoms with van der Waals surface area (Å²) in [5.41, 5.74) is 2.29. The maximum atomic E-state index is 12.6. The van der Waals surface area contributed by atoms with Gasteiger partial charge in [0.15, 0.2) is 0 Å². The first-order valence-corrected chi connectivity index (χ1v) is 9.40. The zero-order chi connectivity index (χ0) is 21.5. The monoisotopic (exact) mass is 409 g/mol. The van der Waals surface area contributed by atoms with Gasteiger partial charge in [0.2, 0.25) is 0 Å². The predicted octanol–water partition coefficient (Wildman–Crippen LogP) is 3.33. The van der Waals surface area contributed by atoms with E-state index in [0.717, 1.165) is 11.3 Å². The van der Waals surface area contributed by atoms with Crippen LogP contribution in [0.15, 0.2) is 61.2 Å². The number of imidazole rings is 1. The maximum Gasteiger partial charge on any atom is 0.293 e. The summed E-state index contributed by atoms with van der Waals surface area (Å²) in [7, 11) is 1.55. The van der Waals surface area contributed by atoms with Crippen molar-refractivity contribution >= 4 is 17.3 Å². The lowest BCUT2D eigenvalue weighted by Gasteiger charge is -2.15. The second-order valence-electron chi connectivity index (χ2n) is 6.67. The number of ether oxygens (including phenoxy) is 1. The van der Waals surface area contributed by atoms with Gasteiger partial charge in [0, 0.05) is 43.4 Å². The highest BCUT2D eigenvalue weighted by Crippen LogP contribution is 2.26. The minimum atomic E-state index is -0.510. The Morgan fingerprint density at radius 2 is 2.03 bits per heavy atom. The van der Waals surface area contributed by atoms with Crippen LogP contribution in [0.25, 0.3) is 5.69 Å². The molecule has 1 amide bonds. The number of aromatic nitrogens is 2. The molecule has 1 atom stereocenters. The number of hydrogen-bond donors (Lipinski definition) is 2. The lowest BCUT2D eigenvalue weighted by Crippen LogP contribution is -2.26. The molecule has 0 aliphatic heterocycles. The van der Waals surface area contributed by atoms with Crippen LogP contribution in [0.4, 0.5) is 11.4 Å². The number of nitro benzene ring substituents is 1. The normalized spacial score (nSPS) is 11.7. The van der Waals surface area contributed by atoms with Crippen LogP contribution < -0.4 is 10.6 Å². The number of benzene rings is 2. The fraction of sp³-hybridized carbons (Fsp3) is 0.238. The molecule has 2 aromatic carbocycles. The first-order chi connectivity index (χ1) is 14.5. The van der Waals surface area contributed by atoms with E-state index < -0.39 is 4.92 Å². The minimum Gasteiger partial charge on any atom is -0.383 e. The third-order valence-corrected chi connectivity index (χ3v) is 4.62. The Morgan fingerprint density at radius 1 is 1.27 bits per heavy atom. The molecule has 1 heterocycles. The van der Waals surface area contributed by atoms with Crippen LogP contribution in [0, 0.1) is 10.1 Å². The number of carbonyl (C=O) groups is 1. The van der Waals surface area contributed by atoms with Crippen molar-refractivity contribution in [1.29, 1.82) is 0 Å². The van der Waals surface area contributed by atoms with Gasteiger partial charge in [0.05, 0.1) is 23.9 Å². The first-order valence-electron chi connectivity index (χ1n) is 9.40. The van der Waals surface area contributed by atoms with Crippen LogP contribution in [-0.2, 0) is 4.74 Å². The van der Waals surface area contributed by atoms with E-state index in [9.17, 15) is 14.9 Å². The highest BCUT2D eigenvalue weighted by atomic mass is 16.6. The van der Waals surface area contributed by atoms with Crippen LogP contribution in [0.2, 0.25) is 0 Å². The second-order valence-corrected chi connectivity index (χ2v) is 6.67. The Morgan fingerprint density at radius 3 is 2.67 bits per heavy atom. The summed E-state index contributed by atoms with van der Waals surface area (Å²) in [6.07, 6.45) is 5.26. The Kier molecular flexibility index (Phi) is 6.76. The van der Waals surface area contributed by atoms with Gasteiger partial charge in [-0.1, -0.05) is 12.1 Å². The molecule has 30 heavy (non-hydrogen) atoms. The lowest BCUT2D eigenvalue weighted by atomic mass is 10.1. The summed E-state index contributed by atoms with van der Waals surface area (Å²) >= 11 is 0. The minimum absolute atomic E-state index is 0.156. The molecule has 0 saturated heterocycles. The molecule has 0 spiro atoms. The van der Waals surface area contributed by atoms with E-state index >= 15 is 0 Å². The molecule has 3 aromatic rings. The molecule has 0 radical (unpaired) electrons. The Bertz CT molecular complexity index is 1000. The number of carbonyl (C=O) groups excluding carboxylic acids is 1. The van der Waals surface area contributed by atoms with Crippen LogP contribution in [-0.4, -0.2) is 40.6 Å². The van der Waals surface area contributed by atoms with Gasteiger partial charge in [0.1, 0.15) is 5.69 Å². The average Bonchev–Trinajstić information content (AvgIpc) is 3.29. The van der Waals surface area contributed by atoms with Crippen molar-refractivity contribution in [3.63, 3.8) is 0 Å². The number of nitro groups is 1. The fourth-order valence-electron chi connectivity index (χ4n) is 2.97. The van der Waals surface area contributed by atoms with E-state index in [2.05, 4.69) is 15.6 Å². The van der Waals surface area contributed by atoms with Gasteiger partial charge in [-0.2, -0.15) is 0 Å². The number of hydrogen-bond acceptors (Lipinski definition) is 6. The molecule has 0 aliphatic carbocycles. The number of methoxy groups -OCH3 is 1. The summed E-state index contributed by atoms with van der Waals surface area (Å²) in [6.45, 7) is 2.70. The fourth-order valence-corrected chi connectivity index (χ4v) is 2.97. The highest BCUT2D eigenvalue weighted by Gasteiger charge is 2.19. The third-order valence-electron chi connectivity index (χ3n) is 4.62. The van der Waals surface area contributed by atoms with Crippen LogP contribution in [0.5, 0.6) is 0 Å². The van der Waals surface area contributed by atoms with Crippen molar-refractivity contribution in [2.45, 2.75) is 13.0 Å². The van der Waals surface area contributed by atoms with Crippen LogP contribution >= 0.6 is 0 Å². The van der Waals surface area contributed by atoms with Crippen LogP contribution in [0.1, 0.15) is 28.9 Å². The molecule has 0 saturated carbocycles. The number of anilines is 1. The second kappa shape index (κ2) is 9.66. The SMILES string of the molecule is COCCNc1ccc(C(=O)N[C@H](C)c2ccc(-n3ccnc3)cc2)cc1[N+](=O)[O-]. The molecule has 0 bridgehead atoms. The smallest absolute Gasteiger partial charge is 0.293 e. The van der Waals surface area contributed by atoms with Crippen molar-refractivity contribution in [1.82, 2.24) is 14.9 Å². The number of nitrogens with one attached hydrogen (secondary N) is 2. The quantitative estimate of drug-likeness (QED) is 0.319. The average molecular weight is 409 g/mol. The molecule has 0 fully saturated rings. The van der Waals surface area contributed by atoms with E-state index in [1.807, 2.05) is 42.0 Å². The highest BCUT2D eigenvalue weighted by molar-refractivity contribution is 5.96. The molecule has 3 rings (SSSR count). The number of rotatable bonds is 9. The molecular formula is C21H23N5O4. The summed E-state index contributed by atoms with van der Waals surface area (Å²) in [5.74, 6) is -0.382. The maximum absolute atomic E-state index is 12.6. The molecule has 0 unspecified atom stereocenters. The molecule has 0 aliphatic rings. The van der Waals surface area contributed by atoms with E-state index in [0.29, 0.717) is 18.8 Å². The molecule has 156 valence electrons. The predicted molar refractivity (Wildman–Crippen MR) is 113 cm³/mol. The Hall–Kier alpha value is -3.72. The van der Waals surface area contributed by atoms with Crippen molar-refractivity contribution in [2.75, 3.05) is 25.6 Å². The lowest BCUT2D eigenvalue weighted by molar-refractivity contribution is -0.384. The number of nitrogens with zero attached hydrogens (tertiary/aromatic N) is 3. The molecule has 9 heteroatoms. The topological polar surface area (TPSA) is 111 Å². The van der Waals surface area contributed by atoms with Crippen molar-refractivity contribution in [3.05, 3.63) is 82.4 Å². The van der Waals surface area contributed by atoms with Gasteiger partial charge in [-0.3, -0.25) is 14.9 Å². The summed E-state index contributed by atoms with van der Waals surface area (Å²) in [6, 6.07) is 11.8. The van der Waals surface area contributed by atoms with Gasteiger partial charge < -0.3 is 19.9 Å².